The highest BCUT2D eigenvalue weighted by molar-refractivity contribution is 7.89. The number of nitrogen functional groups attached to an aromatic ring is 1. The molecule has 0 aliphatic heterocycles. The summed E-state index contributed by atoms with van der Waals surface area (Å²) < 4.78 is 40.4. The van der Waals surface area contributed by atoms with E-state index in [1.807, 2.05) is 10.3 Å². The van der Waals surface area contributed by atoms with Gasteiger partial charge in [-0.2, -0.15) is 0 Å². The lowest BCUT2D eigenvalue weighted by molar-refractivity contribution is 0.0941. The van der Waals surface area contributed by atoms with E-state index in [4.69, 9.17) is 17.3 Å². The fourth-order valence-electron chi connectivity index (χ4n) is 2.28. The molecule has 28 heavy (non-hydrogen) atoms. The Hall–Kier alpha value is -3.02. The number of imidazole rings is 1. The van der Waals surface area contributed by atoms with Gasteiger partial charge in [-0.05, 0) is 24.3 Å². The molecule has 9 nitrogen and oxygen atoms in total. The number of pyridine rings is 1. The second-order valence-corrected chi connectivity index (χ2v) is 7.74. The van der Waals surface area contributed by atoms with Gasteiger partial charge in [-0.1, -0.05) is 17.7 Å². The number of carbonyl (C=O) groups excluding carboxylic acids is 1. The summed E-state index contributed by atoms with van der Waals surface area (Å²) in [5.74, 6) is -2.07. The van der Waals surface area contributed by atoms with Gasteiger partial charge in [0.05, 0.1) is 22.6 Å². The maximum absolute atomic E-state index is 14.3. The van der Waals surface area contributed by atoms with Crippen LogP contribution in [-0.4, -0.2) is 28.9 Å². The van der Waals surface area contributed by atoms with Gasteiger partial charge in [-0.3, -0.25) is 10.2 Å². The van der Waals surface area contributed by atoms with Crippen LogP contribution in [0.4, 0.5) is 10.2 Å². The van der Waals surface area contributed by atoms with Crippen molar-refractivity contribution in [3.63, 3.8) is 0 Å². The predicted octanol–water partition coefficient (Wildman–Crippen LogP) is 1.48. The van der Waals surface area contributed by atoms with Crippen LogP contribution in [0.3, 0.4) is 0 Å². The second-order valence-electron chi connectivity index (χ2n) is 5.70. The molecule has 12 heteroatoms. The van der Waals surface area contributed by atoms with Crippen molar-refractivity contribution < 1.29 is 17.6 Å². The van der Waals surface area contributed by atoms with Crippen LogP contribution < -0.4 is 16.0 Å². The molecule has 0 unspecified atom stereocenters. The van der Waals surface area contributed by atoms with E-state index in [0.29, 0.717) is 11.3 Å². The molecule has 0 fully saturated rings. The van der Waals surface area contributed by atoms with E-state index in [1.165, 1.54) is 36.7 Å². The fraction of sp³-hybridized carbons (Fsp3) is 0.0625. The molecule has 0 bridgehead atoms. The minimum Gasteiger partial charge on any atom is -0.384 e. The maximum atomic E-state index is 14.3. The van der Waals surface area contributed by atoms with Crippen LogP contribution >= 0.6 is 11.6 Å². The van der Waals surface area contributed by atoms with Gasteiger partial charge < -0.3 is 10.3 Å². The lowest BCUT2D eigenvalue weighted by atomic mass is 10.1. The van der Waals surface area contributed by atoms with Gasteiger partial charge in [0.15, 0.2) is 10.8 Å². The molecule has 2 aromatic heterocycles. The fourth-order valence-corrected chi connectivity index (χ4v) is 3.31. The Bertz CT molecular complexity index is 1160. The van der Waals surface area contributed by atoms with Crippen molar-refractivity contribution in [2.45, 2.75) is 5.03 Å². The Labute approximate surface area is 164 Å². The summed E-state index contributed by atoms with van der Waals surface area (Å²) in [6, 6.07) is 6.50. The summed E-state index contributed by atoms with van der Waals surface area (Å²) in [6.07, 6.45) is 3.18. The van der Waals surface area contributed by atoms with Gasteiger partial charge >= 0.3 is 0 Å². The zero-order valence-electron chi connectivity index (χ0n) is 14.3. The quantitative estimate of drug-likeness (QED) is 0.531. The maximum Gasteiger partial charge on any atom is 0.274 e. The van der Waals surface area contributed by atoms with E-state index in [0.717, 1.165) is 0 Å². The number of halogens is 2. The number of carbonyl (C=O) groups is 1. The molecule has 3 aromatic rings. The second kappa shape index (κ2) is 7.54. The van der Waals surface area contributed by atoms with E-state index < -0.39 is 32.3 Å². The molecule has 0 aliphatic rings. The topological polar surface area (TPSA) is 132 Å². The standard InChI is InChI=1S/C16H14ClFN6O3S/c1-24-7-12(20-8-24)9-5-10(15(18)11(17)6-9)16(25)22-23-28(26,27)14-4-2-3-13(19)21-14/h2-8,23H,1H3,(H2,19,21)(H,22,25). The monoisotopic (exact) mass is 424 g/mol. The van der Waals surface area contributed by atoms with E-state index in [2.05, 4.69) is 9.97 Å². The first-order chi connectivity index (χ1) is 13.2. The summed E-state index contributed by atoms with van der Waals surface area (Å²) in [5.41, 5.74) is 7.76. The molecular formula is C16H14ClFN6O3S. The molecule has 1 aromatic carbocycles. The minimum atomic E-state index is -4.21. The number of sulfonamides is 1. The third-order valence-electron chi connectivity index (χ3n) is 3.59. The zero-order chi connectivity index (χ0) is 20.5. The summed E-state index contributed by atoms with van der Waals surface area (Å²) in [4.78, 5) is 21.9. The Morgan fingerprint density at radius 3 is 2.71 bits per heavy atom. The van der Waals surface area contributed by atoms with Gasteiger partial charge in [0, 0.05) is 18.8 Å². The molecule has 4 N–H and O–H groups in total. The summed E-state index contributed by atoms with van der Waals surface area (Å²) in [7, 11) is -2.47. The smallest absolute Gasteiger partial charge is 0.274 e. The normalized spacial score (nSPS) is 11.4. The van der Waals surface area contributed by atoms with Gasteiger partial charge in [0.25, 0.3) is 15.9 Å². The number of hydrazine groups is 1. The van der Waals surface area contributed by atoms with Gasteiger partial charge in [0.1, 0.15) is 5.82 Å². The van der Waals surface area contributed by atoms with Crippen LogP contribution in [0.25, 0.3) is 11.3 Å². The Morgan fingerprint density at radius 2 is 2.07 bits per heavy atom. The highest BCUT2D eigenvalue weighted by Gasteiger charge is 2.21. The van der Waals surface area contributed by atoms with Gasteiger partial charge in [-0.25, -0.2) is 22.8 Å². The lowest BCUT2D eigenvalue weighted by Gasteiger charge is -2.10. The third-order valence-corrected chi connectivity index (χ3v) is 5.02. The molecule has 0 aliphatic carbocycles. The predicted molar refractivity (Wildman–Crippen MR) is 100 cm³/mol. The van der Waals surface area contributed by atoms with Crippen molar-refractivity contribution in [3.05, 3.63) is 59.3 Å². The van der Waals surface area contributed by atoms with Gasteiger partial charge in [-0.15, -0.1) is 4.83 Å². The van der Waals surface area contributed by atoms with Crippen LogP contribution in [0.1, 0.15) is 10.4 Å². The average molecular weight is 425 g/mol. The first-order valence-electron chi connectivity index (χ1n) is 7.69. The Kier molecular flexibility index (Phi) is 5.31. The van der Waals surface area contributed by atoms with Crippen molar-refractivity contribution in [3.8, 4) is 11.3 Å². The molecule has 3 rings (SSSR count). The highest BCUT2D eigenvalue weighted by Crippen LogP contribution is 2.27. The molecule has 146 valence electrons. The summed E-state index contributed by atoms with van der Waals surface area (Å²) in [6.45, 7) is 0. The first-order valence-corrected chi connectivity index (χ1v) is 9.55. The van der Waals surface area contributed by atoms with Crippen LogP contribution in [0.2, 0.25) is 5.02 Å². The van der Waals surface area contributed by atoms with E-state index in [-0.39, 0.29) is 10.8 Å². The minimum absolute atomic E-state index is 0.0184. The van der Waals surface area contributed by atoms with Crippen LogP contribution in [0.5, 0.6) is 0 Å². The molecule has 0 spiro atoms. The number of hydrogen-bond acceptors (Lipinski definition) is 6. The van der Waals surface area contributed by atoms with Gasteiger partial charge in [0.2, 0.25) is 0 Å². The number of aryl methyl sites for hydroxylation is 1. The summed E-state index contributed by atoms with van der Waals surface area (Å²) >= 11 is 5.87. The number of aromatic nitrogens is 3. The van der Waals surface area contributed by atoms with Crippen LogP contribution in [0.15, 0.2) is 47.9 Å². The summed E-state index contributed by atoms with van der Waals surface area (Å²) in [5, 5.41) is -0.720. The molecular weight excluding hydrogens is 411 g/mol. The van der Waals surface area contributed by atoms with E-state index in [9.17, 15) is 17.6 Å². The molecule has 2 heterocycles. The van der Waals surface area contributed by atoms with Crippen molar-refractivity contribution in [2.75, 3.05) is 5.73 Å². The number of nitrogens with zero attached hydrogens (tertiary/aromatic N) is 3. The van der Waals surface area contributed by atoms with E-state index in [1.54, 1.807) is 17.8 Å². The lowest BCUT2D eigenvalue weighted by Crippen LogP contribution is -2.42. The van der Waals surface area contributed by atoms with Crippen LogP contribution in [0, 0.1) is 5.82 Å². The zero-order valence-corrected chi connectivity index (χ0v) is 15.9. The number of hydrogen-bond donors (Lipinski definition) is 3. The number of anilines is 1. The average Bonchev–Trinajstić information content (AvgIpc) is 3.08. The van der Waals surface area contributed by atoms with Crippen LogP contribution in [-0.2, 0) is 17.1 Å². The van der Waals surface area contributed by atoms with Crippen molar-refractivity contribution >= 4 is 33.3 Å². The number of rotatable bonds is 5. The first kappa shape index (κ1) is 19.7. The number of amides is 1. The molecule has 0 saturated heterocycles. The number of nitrogens with two attached hydrogens (primary N) is 1. The number of benzene rings is 1. The molecule has 0 atom stereocenters. The van der Waals surface area contributed by atoms with Crippen molar-refractivity contribution in [2.24, 2.45) is 7.05 Å². The highest BCUT2D eigenvalue weighted by atomic mass is 35.5. The SMILES string of the molecule is Cn1cnc(-c2cc(Cl)c(F)c(C(=O)NNS(=O)(=O)c3cccc(N)n3)c2)c1. The van der Waals surface area contributed by atoms with E-state index >= 15 is 0 Å². The molecule has 0 radical (unpaired) electrons. The number of nitrogens with one attached hydrogen (secondary N) is 2. The van der Waals surface area contributed by atoms with Crippen molar-refractivity contribution in [1.82, 2.24) is 24.8 Å². The molecule has 0 saturated carbocycles. The third kappa shape index (κ3) is 4.11. The largest absolute Gasteiger partial charge is 0.384 e. The Balaban J connectivity index is 1.85. The molecule has 1 amide bonds. The Morgan fingerprint density at radius 1 is 1.32 bits per heavy atom. The van der Waals surface area contributed by atoms with Crippen molar-refractivity contribution in [1.29, 1.82) is 0 Å².